The third-order valence-corrected chi connectivity index (χ3v) is 2.89. The van der Waals surface area contributed by atoms with Crippen LogP contribution >= 0.6 is 0 Å². The second-order valence-electron chi connectivity index (χ2n) is 4.42. The van der Waals surface area contributed by atoms with Crippen molar-refractivity contribution in [3.05, 3.63) is 54.1 Å². The van der Waals surface area contributed by atoms with E-state index in [9.17, 15) is 8.78 Å². The molecule has 0 saturated carbocycles. The first-order chi connectivity index (χ1) is 9.00. The minimum Gasteiger partial charge on any atom is -0.494 e. The van der Waals surface area contributed by atoms with Crippen LogP contribution in [0.5, 0.6) is 5.75 Å². The van der Waals surface area contributed by atoms with E-state index in [1.807, 2.05) is 31.2 Å². The van der Waals surface area contributed by atoms with Gasteiger partial charge in [-0.25, -0.2) is 8.78 Å². The molecule has 100 valence electrons. The molecule has 2 aromatic carbocycles. The molecule has 1 nitrogen and oxygen atoms in total. The lowest BCUT2D eigenvalue weighted by Crippen LogP contribution is -2.06. The van der Waals surface area contributed by atoms with Crippen LogP contribution in [0.2, 0.25) is 0 Å². The van der Waals surface area contributed by atoms with E-state index >= 15 is 0 Å². The number of benzene rings is 2. The summed E-state index contributed by atoms with van der Waals surface area (Å²) in [6.45, 7) is 3.45. The molecule has 19 heavy (non-hydrogen) atoms. The second kappa shape index (κ2) is 5.39. The molecule has 0 N–H and O–H groups in total. The van der Waals surface area contributed by atoms with E-state index in [-0.39, 0.29) is 5.56 Å². The van der Waals surface area contributed by atoms with Crippen molar-refractivity contribution in [3.63, 3.8) is 0 Å². The zero-order valence-corrected chi connectivity index (χ0v) is 11.0. The number of ether oxygens (including phenoxy) is 1. The first-order valence-electron chi connectivity index (χ1n) is 6.22. The standard InChI is InChI=1S/C16H16F2O/c1-3-19-15-10-6-13(7-11-15)12-4-8-14(9-5-12)16(2,17)18/h4-11H,3H2,1-2H3. The first-order valence-corrected chi connectivity index (χ1v) is 6.22. The number of alkyl halides is 2. The number of rotatable bonds is 4. The molecule has 0 atom stereocenters. The molecule has 0 heterocycles. The van der Waals surface area contributed by atoms with Crippen LogP contribution in [0.25, 0.3) is 11.1 Å². The maximum absolute atomic E-state index is 13.1. The highest BCUT2D eigenvalue weighted by atomic mass is 19.3. The average molecular weight is 262 g/mol. The molecule has 0 aliphatic rings. The minimum atomic E-state index is -2.79. The van der Waals surface area contributed by atoms with E-state index < -0.39 is 5.92 Å². The molecular formula is C16H16F2O. The monoisotopic (exact) mass is 262 g/mol. The van der Waals surface area contributed by atoms with Gasteiger partial charge in [0.05, 0.1) is 6.61 Å². The van der Waals surface area contributed by atoms with E-state index in [1.165, 1.54) is 12.1 Å². The van der Waals surface area contributed by atoms with E-state index in [4.69, 9.17) is 4.74 Å². The summed E-state index contributed by atoms with van der Waals surface area (Å²) in [7, 11) is 0. The Bertz CT molecular complexity index is 524. The van der Waals surface area contributed by atoms with E-state index in [1.54, 1.807) is 12.1 Å². The molecule has 0 aliphatic carbocycles. The lowest BCUT2D eigenvalue weighted by Gasteiger charge is -2.11. The molecule has 0 aliphatic heterocycles. The van der Waals surface area contributed by atoms with Crippen LogP contribution in [-0.4, -0.2) is 6.61 Å². The highest BCUT2D eigenvalue weighted by molar-refractivity contribution is 5.64. The Hall–Kier alpha value is -1.90. The number of hydrogen-bond donors (Lipinski definition) is 0. The van der Waals surface area contributed by atoms with E-state index in [2.05, 4.69) is 0 Å². The zero-order chi connectivity index (χ0) is 13.9. The Labute approximate surface area is 111 Å². The molecule has 0 fully saturated rings. The van der Waals surface area contributed by atoms with Crippen molar-refractivity contribution in [1.82, 2.24) is 0 Å². The Morgan fingerprint density at radius 2 is 1.37 bits per heavy atom. The van der Waals surface area contributed by atoms with Gasteiger partial charge >= 0.3 is 0 Å². The van der Waals surface area contributed by atoms with E-state index in [0.717, 1.165) is 23.8 Å². The SMILES string of the molecule is CCOc1ccc(-c2ccc(C(C)(F)F)cc2)cc1. The van der Waals surface area contributed by atoms with Crippen molar-refractivity contribution in [1.29, 1.82) is 0 Å². The van der Waals surface area contributed by atoms with Crippen LogP contribution in [0.15, 0.2) is 48.5 Å². The van der Waals surface area contributed by atoms with Gasteiger partial charge in [-0.15, -0.1) is 0 Å². The quantitative estimate of drug-likeness (QED) is 0.764. The van der Waals surface area contributed by atoms with Crippen molar-refractivity contribution in [2.75, 3.05) is 6.61 Å². The van der Waals surface area contributed by atoms with Crippen LogP contribution in [0, 0.1) is 0 Å². The smallest absolute Gasteiger partial charge is 0.270 e. The van der Waals surface area contributed by atoms with Crippen LogP contribution in [0.3, 0.4) is 0 Å². The maximum Gasteiger partial charge on any atom is 0.270 e. The molecule has 2 aromatic rings. The summed E-state index contributed by atoms with van der Waals surface area (Å²) in [6.07, 6.45) is 0. The molecule has 0 radical (unpaired) electrons. The molecule has 0 spiro atoms. The summed E-state index contributed by atoms with van der Waals surface area (Å²) >= 11 is 0. The molecule has 2 rings (SSSR count). The van der Waals surface area contributed by atoms with Gasteiger partial charge < -0.3 is 4.74 Å². The second-order valence-corrected chi connectivity index (χ2v) is 4.42. The Kier molecular flexibility index (Phi) is 3.84. The van der Waals surface area contributed by atoms with Gasteiger partial charge in [-0.3, -0.25) is 0 Å². The topological polar surface area (TPSA) is 9.23 Å². The fourth-order valence-electron chi connectivity index (χ4n) is 1.87. The lowest BCUT2D eigenvalue weighted by atomic mass is 10.0. The molecule has 0 amide bonds. The third-order valence-electron chi connectivity index (χ3n) is 2.89. The molecule has 0 saturated heterocycles. The maximum atomic E-state index is 13.1. The average Bonchev–Trinajstić information content (AvgIpc) is 2.39. The highest BCUT2D eigenvalue weighted by Crippen LogP contribution is 2.29. The molecule has 0 unspecified atom stereocenters. The summed E-state index contributed by atoms with van der Waals surface area (Å²) in [4.78, 5) is 0. The fourth-order valence-corrected chi connectivity index (χ4v) is 1.87. The van der Waals surface area contributed by atoms with Crippen molar-refractivity contribution in [2.45, 2.75) is 19.8 Å². The third kappa shape index (κ3) is 3.31. The number of hydrogen-bond acceptors (Lipinski definition) is 1. The van der Waals surface area contributed by atoms with Crippen LogP contribution in [0.4, 0.5) is 8.78 Å². The summed E-state index contributed by atoms with van der Waals surface area (Å²) in [6, 6.07) is 13.9. The Balaban J connectivity index is 2.22. The van der Waals surface area contributed by atoms with Gasteiger partial charge in [0.2, 0.25) is 0 Å². The molecule has 3 heteroatoms. The van der Waals surface area contributed by atoms with Gasteiger partial charge in [-0.1, -0.05) is 36.4 Å². The largest absolute Gasteiger partial charge is 0.494 e. The van der Waals surface area contributed by atoms with Crippen LogP contribution in [-0.2, 0) is 5.92 Å². The van der Waals surface area contributed by atoms with Gasteiger partial charge in [0, 0.05) is 12.5 Å². The van der Waals surface area contributed by atoms with Gasteiger partial charge in [0.15, 0.2) is 0 Å². The minimum absolute atomic E-state index is 0.0298. The van der Waals surface area contributed by atoms with Crippen molar-refractivity contribution in [3.8, 4) is 16.9 Å². The fraction of sp³-hybridized carbons (Fsp3) is 0.250. The van der Waals surface area contributed by atoms with Gasteiger partial charge in [-0.05, 0) is 30.2 Å². The summed E-state index contributed by atoms with van der Waals surface area (Å²) < 4.78 is 31.6. The molecule has 0 bridgehead atoms. The van der Waals surface area contributed by atoms with Gasteiger partial charge in [0.25, 0.3) is 5.92 Å². The van der Waals surface area contributed by atoms with Crippen molar-refractivity contribution in [2.24, 2.45) is 0 Å². The Morgan fingerprint density at radius 1 is 0.895 bits per heavy atom. The normalized spacial score (nSPS) is 11.4. The summed E-state index contributed by atoms with van der Waals surface area (Å²) in [5.74, 6) is -1.99. The van der Waals surface area contributed by atoms with Crippen molar-refractivity contribution < 1.29 is 13.5 Å². The van der Waals surface area contributed by atoms with E-state index in [0.29, 0.717) is 6.61 Å². The summed E-state index contributed by atoms with van der Waals surface area (Å²) in [5, 5.41) is 0. The molecule has 0 aromatic heterocycles. The van der Waals surface area contributed by atoms with Crippen LogP contribution < -0.4 is 4.74 Å². The first kappa shape index (κ1) is 13.5. The van der Waals surface area contributed by atoms with Crippen molar-refractivity contribution >= 4 is 0 Å². The van der Waals surface area contributed by atoms with Gasteiger partial charge in [-0.2, -0.15) is 0 Å². The zero-order valence-electron chi connectivity index (χ0n) is 11.0. The van der Waals surface area contributed by atoms with Gasteiger partial charge in [0.1, 0.15) is 5.75 Å². The summed E-state index contributed by atoms with van der Waals surface area (Å²) in [5.41, 5.74) is 1.92. The van der Waals surface area contributed by atoms with Crippen LogP contribution in [0.1, 0.15) is 19.4 Å². The lowest BCUT2D eigenvalue weighted by molar-refractivity contribution is 0.0175. The predicted molar refractivity (Wildman–Crippen MR) is 72.6 cm³/mol. The number of halogens is 2. The molecular weight excluding hydrogens is 246 g/mol. The highest BCUT2D eigenvalue weighted by Gasteiger charge is 2.23. The predicted octanol–water partition coefficient (Wildman–Crippen LogP) is 4.86. The Morgan fingerprint density at radius 3 is 1.79 bits per heavy atom.